The van der Waals surface area contributed by atoms with Gasteiger partial charge in [0.2, 0.25) is 5.88 Å². The number of rotatable bonds is 5. The molecule has 0 bridgehead atoms. The van der Waals surface area contributed by atoms with Crippen molar-refractivity contribution >= 4 is 5.82 Å². The molecule has 0 amide bonds. The van der Waals surface area contributed by atoms with Crippen molar-refractivity contribution in [3.63, 3.8) is 0 Å². The molecule has 0 aliphatic carbocycles. The van der Waals surface area contributed by atoms with Crippen LogP contribution in [-0.2, 0) is 6.18 Å². The monoisotopic (exact) mass is 290 g/mol. The molecule has 0 aliphatic rings. The number of nitrogens with one attached hydrogen (secondary N) is 1. The van der Waals surface area contributed by atoms with Gasteiger partial charge in [-0.2, -0.15) is 18.2 Å². The Kier molecular flexibility index (Phi) is 5.25. The summed E-state index contributed by atoms with van der Waals surface area (Å²) in [6, 6.07) is 1.92. The summed E-state index contributed by atoms with van der Waals surface area (Å²) in [6.45, 7) is 8.75. The summed E-state index contributed by atoms with van der Waals surface area (Å²) in [5.74, 6) is 0.174. The SMILES string of the molecule is CCNc1cc(C(F)(F)F)cc(OCCC(C)(C)C)n1. The van der Waals surface area contributed by atoms with Crippen molar-refractivity contribution in [1.82, 2.24) is 4.98 Å². The molecule has 0 aliphatic heterocycles. The molecule has 3 nitrogen and oxygen atoms in total. The summed E-state index contributed by atoms with van der Waals surface area (Å²) >= 11 is 0. The van der Waals surface area contributed by atoms with Gasteiger partial charge in [0.15, 0.2) is 0 Å². The Morgan fingerprint density at radius 3 is 2.35 bits per heavy atom. The maximum Gasteiger partial charge on any atom is 0.416 e. The molecule has 1 aromatic rings. The van der Waals surface area contributed by atoms with Gasteiger partial charge in [-0.1, -0.05) is 20.8 Å². The molecule has 1 heterocycles. The second kappa shape index (κ2) is 6.33. The number of hydrogen-bond acceptors (Lipinski definition) is 3. The molecule has 1 rings (SSSR count). The highest BCUT2D eigenvalue weighted by Crippen LogP contribution is 2.32. The molecule has 0 radical (unpaired) electrons. The van der Waals surface area contributed by atoms with Crippen LogP contribution in [0.5, 0.6) is 5.88 Å². The van der Waals surface area contributed by atoms with Crippen molar-refractivity contribution in [3.8, 4) is 5.88 Å². The summed E-state index contributed by atoms with van der Waals surface area (Å²) in [7, 11) is 0. The van der Waals surface area contributed by atoms with Crippen molar-refractivity contribution in [2.75, 3.05) is 18.5 Å². The van der Waals surface area contributed by atoms with E-state index in [-0.39, 0.29) is 17.1 Å². The zero-order chi connectivity index (χ0) is 15.4. The van der Waals surface area contributed by atoms with Crippen molar-refractivity contribution in [2.45, 2.75) is 40.3 Å². The highest BCUT2D eigenvalue weighted by Gasteiger charge is 2.32. The molecule has 1 aromatic heterocycles. The van der Waals surface area contributed by atoms with Crippen molar-refractivity contribution in [1.29, 1.82) is 0 Å². The van der Waals surface area contributed by atoms with Gasteiger partial charge in [0.05, 0.1) is 12.2 Å². The fourth-order valence-electron chi connectivity index (χ4n) is 1.48. The van der Waals surface area contributed by atoms with E-state index >= 15 is 0 Å². The van der Waals surface area contributed by atoms with Gasteiger partial charge in [0.1, 0.15) is 5.82 Å². The third-order valence-corrected chi connectivity index (χ3v) is 2.59. The zero-order valence-electron chi connectivity index (χ0n) is 12.3. The van der Waals surface area contributed by atoms with E-state index in [9.17, 15) is 13.2 Å². The fraction of sp³-hybridized carbons (Fsp3) is 0.643. The molecule has 1 N–H and O–H groups in total. The van der Waals surface area contributed by atoms with Crippen LogP contribution in [0.25, 0.3) is 0 Å². The standard InChI is InChI=1S/C14H21F3N2O/c1-5-18-11-8-10(14(15,16)17)9-12(19-11)20-7-6-13(2,3)4/h8-9H,5-7H2,1-4H3,(H,18,19). The lowest BCUT2D eigenvalue weighted by Crippen LogP contribution is -2.13. The van der Waals surface area contributed by atoms with Crippen LogP contribution < -0.4 is 10.1 Å². The normalized spacial score (nSPS) is 12.3. The Labute approximate surface area is 117 Å². The number of aromatic nitrogens is 1. The van der Waals surface area contributed by atoms with Crippen molar-refractivity contribution in [2.24, 2.45) is 5.41 Å². The van der Waals surface area contributed by atoms with Crippen molar-refractivity contribution in [3.05, 3.63) is 17.7 Å². The first-order chi connectivity index (χ1) is 9.12. The molecule has 0 atom stereocenters. The van der Waals surface area contributed by atoms with Gasteiger partial charge < -0.3 is 10.1 Å². The second-order valence-electron chi connectivity index (χ2n) is 5.77. The maximum atomic E-state index is 12.8. The second-order valence-corrected chi connectivity index (χ2v) is 5.77. The minimum absolute atomic E-state index is 0.0000231. The summed E-state index contributed by atoms with van der Waals surface area (Å²) < 4.78 is 43.7. The molecule has 6 heteroatoms. The number of pyridine rings is 1. The van der Waals surface area contributed by atoms with E-state index in [1.807, 2.05) is 20.8 Å². The smallest absolute Gasteiger partial charge is 0.416 e. The van der Waals surface area contributed by atoms with E-state index in [1.54, 1.807) is 6.92 Å². The topological polar surface area (TPSA) is 34.1 Å². The highest BCUT2D eigenvalue weighted by atomic mass is 19.4. The molecule has 0 saturated carbocycles. The average molecular weight is 290 g/mol. The predicted molar refractivity (Wildman–Crippen MR) is 73.0 cm³/mol. The van der Waals surface area contributed by atoms with Crippen LogP contribution in [0, 0.1) is 5.41 Å². The lowest BCUT2D eigenvalue weighted by Gasteiger charge is -2.18. The predicted octanol–water partition coefficient (Wildman–Crippen LogP) is 4.35. The van der Waals surface area contributed by atoms with E-state index in [0.29, 0.717) is 13.2 Å². The molecule has 0 fully saturated rings. The van der Waals surface area contributed by atoms with Gasteiger partial charge in [-0.15, -0.1) is 0 Å². The minimum Gasteiger partial charge on any atom is -0.478 e. The third kappa shape index (κ3) is 5.67. The summed E-state index contributed by atoms with van der Waals surface area (Å²) in [6.07, 6.45) is -3.67. The Morgan fingerprint density at radius 2 is 1.85 bits per heavy atom. The molecular formula is C14H21F3N2O. The van der Waals surface area contributed by atoms with Gasteiger partial charge in [-0.05, 0) is 24.8 Å². The maximum absolute atomic E-state index is 12.8. The Morgan fingerprint density at radius 1 is 1.20 bits per heavy atom. The first kappa shape index (κ1) is 16.6. The zero-order valence-corrected chi connectivity index (χ0v) is 12.3. The fourth-order valence-corrected chi connectivity index (χ4v) is 1.48. The van der Waals surface area contributed by atoms with Crippen LogP contribution >= 0.6 is 0 Å². The van der Waals surface area contributed by atoms with Crippen LogP contribution in [0.15, 0.2) is 12.1 Å². The lowest BCUT2D eigenvalue weighted by molar-refractivity contribution is -0.137. The Bertz CT molecular complexity index is 439. The first-order valence-electron chi connectivity index (χ1n) is 6.58. The number of ether oxygens (including phenoxy) is 1. The molecular weight excluding hydrogens is 269 g/mol. The molecule has 0 aromatic carbocycles. The van der Waals surface area contributed by atoms with Crippen molar-refractivity contribution < 1.29 is 17.9 Å². The minimum atomic E-state index is -4.41. The Balaban J connectivity index is 2.86. The Hall–Kier alpha value is -1.46. The summed E-state index contributed by atoms with van der Waals surface area (Å²) in [5, 5.41) is 2.78. The first-order valence-corrected chi connectivity index (χ1v) is 6.58. The van der Waals surface area contributed by atoms with Gasteiger partial charge >= 0.3 is 6.18 Å². The third-order valence-electron chi connectivity index (χ3n) is 2.59. The summed E-state index contributed by atoms with van der Waals surface area (Å²) in [5.41, 5.74) is -0.694. The molecule has 0 spiro atoms. The molecule has 0 unspecified atom stereocenters. The summed E-state index contributed by atoms with van der Waals surface area (Å²) in [4.78, 5) is 4.02. The highest BCUT2D eigenvalue weighted by molar-refractivity contribution is 5.42. The van der Waals surface area contributed by atoms with Crippen LogP contribution in [0.3, 0.4) is 0 Å². The molecule has 114 valence electrons. The van der Waals surface area contributed by atoms with Crippen LogP contribution in [-0.4, -0.2) is 18.1 Å². The van der Waals surface area contributed by atoms with E-state index < -0.39 is 11.7 Å². The molecule has 0 saturated heterocycles. The van der Waals surface area contributed by atoms with Crippen LogP contribution in [0.1, 0.15) is 39.7 Å². The molecule has 20 heavy (non-hydrogen) atoms. The van der Waals surface area contributed by atoms with Gasteiger partial charge in [-0.25, -0.2) is 0 Å². The van der Waals surface area contributed by atoms with E-state index in [4.69, 9.17) is 4.74 Å². The number of hydrogen-bond donors (Lipinski definition) is 1. The largest absolute Gasteiger partial charge is 0.478 e. The van der Waals surface area contributed by atoms with E-state index in [1.165, 1.54) is 0 Å². The van der Waals surface area contributed by atoms with Gasteiger partial charge in [0, 0.05) is 12.6 Å². The van der Waals surface area contributed by atoms with Crippen LogP contribution in [0.2, 0.25) is 0 Å². The van der Waals surface area contributed by atoms with E-state index in [2.05, 4.69) is 10.3 Å². The number of halogens is 3. The lowest BCUT2D eigenvalue weighted by atomic mass is 9.93. The number of nitrogens with zero attached hydrogens (tertiary/aromatic N) is 1. The van der Waals surface area contributed by atoms with Gasteiger partial charge in [-0.3, -0.25) is 0 Å². The number of anilines is 1. The average Bonchev–Trinajstić information content (AvgIpc) is 2.26. The van der Waals surface area contributed by atoms with E-state index in [0.717, 1.165) is 18.6 Å². The number of alkyl halides is 3. The quantitative estimate of drug-likeness (QED) is 0.875. The van der Waals surface area contributed by atoms with Crippen LogP contribution in [0.4, 0.5) is 19.0 Å². The van der Waals surface area contributed by atoms with Gasteiger partial charge in [0.25, 0.3) is 0 Å².